The van der Waals surface area contributed by atoms with E-state index in [4.69, 9.17) is 0 Å². The summed E-state index contributed by atoms with van der Waals surface area (Å²) in [5.74, 6) is 0.998. The molecule has 0 N–H and O–H groups in total. The molecule has 2 saturated heterocycles. The molecule has 3 heteroatoms. The van der Waals surface area contributed by atoms with Crippen LogP contribution in [0.25, 0.3) is 0 Å². The topological polar surface area (TPSA) is 9.72 Å². The van der Waals surface area contributed by atoms with Crippen LogP contribution in [0.5, 0.6) is 0 Å². The molecule has 4 rings (SSSR count). The van der Waals surface area contributed by atoms with Gasteiger partial charge in [-0.3, -0.25) is 4.90 Å². The van der Waals surface area contributed by atoms with E-state index in [-0.39, 0.29) is 0 Å². The lowest BCUT2D eigenvalue weighted by atomic mass is 9.57. The molecule has 26 heavy (non-hydrogen) atoms. The van der Waals surface area contributed by atoms with Gasteiger partial charge < -0.3 is 9.80 Å². The van der Waals surface area contributed by atoms with Crippen molar-refractivity contribution in [1.82, 2.24) is 14.7 Å². The summed E-state index contributed by atoms with van der Waals surface area (Å²) in [7, 11) is 0. The third kappa shape index (κ3) is 4.31. The molecule has 2 aliphatic heterocycles. The second-order valence-corrected chi connectivity index (χ2v) is 10.7. The Bertz CT molecular complexity index is 454. The minimum atomic E-state index is 0.717. The highest BCUT2D eigenvalue weighted by Crippen LogP contribution is 2.54. The summed E-state index contributed by atoms with van der Waals surface area (Å²) in [6, 6.07) is 0.717. The van der Waals surface area contributed by atoms with E-state index >= 15 is 0 Å². The first-order valence-corrected chi connectivity index (χ1v) is 11.7. The van der Waals surface area contributed by atoms with Crippen molar-refractivity contribution in [2.24, 2.45) is 16.7 Å². The van der Waals surface area contributed by atoms with E-state index in [1.165, 1.54) is 104 Å². The van der Waals surface area contributed by atoms with Crippen LogP contribution in [0.1, 0.15) is 72.1 Å². The van der Waals surface area contributed by atoms with E-state index in [0.717, 1.165) is 22.8 Å². The summed E-state index contributed by atoms with van der Waals surface area (Å²) in [6.45, 7) is 17.9. The zero-order valence-corrected chi connectivity index (χ0v) is 17.8. The summed E-state index contributed by atoms with van der Waals surface area (Å²) in [5.41, 5.74) is 1.49. The fourth-order valence-corrected chi connectivity index (χ4v) is 6.22. The van der Waals surface area contributed by atoms with Crippen molar-refractivity contribution in [2.45, 2.75) is 78.2 Å². The summed E-state index contributed by atoms with van der Waals surface area (Å²) in [4.78, 5) is 8.26. The molecule has 150 valence electrons. The number of hydrogen-bond acceptors (Lipinski definition) is 3. The Hall–Kier alpha value is -0.120. The minimum Gasteiger partial charge on any atom is -0.303 e. The van der Waals surface area contributed by atoms with Gasteiger partial charge in [-0.25, -0.2) is 0 Å². The van der Waals surface area contributed by atoms with Gasteiger partial charge in [0, 0.05) is 32.2 Å². The van der Waals surface area contributed by atoms with Gasteiger partial charge in [-0.2, -0.15) is 0 Å². The third-order valence-electron chi connectivity index (χ3n) is 8.50. The van der Waals surface area contributed by atoms with Gasteiger partial charge in [0.05, 0.1) is 0 Å². The Morgan fingerprint density at radius 3 is 2.19 bits per heavy atom. The molecule has 0 bridgehead atoms. The van der Waals surface area contributed by atoms with Crippen LogP contribution in [-0.2, 0) is 0 Å². The van der Waals surface area contributed by atoms with Gasteiger partial charge >= 0.3 is 0 Å². The molecule has 0 atom stereocenters. The molecule has 2 saturated carbocycles. The highest BCUT2D eigenvalue weighted by molar-refractivity contribution is 5.00. The number of piperidine rings is 1. The quantitative estimate of drug-likeness (QED) is 0.706. The van der Waals surface area contributed by atoms with Gasteiger partial charge in [-0.05, 0) is 108 Å². The van der Waals surface area contributed by atoms with E-state index in [1.54, 1.807) is 0 Å². The van der Waals surface area contributed by atoms with Crippen LogP contribution in [0.2, 0.25) is 0 Å². The van der Waals surface area contributed by atoms with Crippen molar-refractivity contribution in [1.29, 1.82) is 0 Å². The van der Waals surface area contributed by atoms with Gasteiger partial charge in [-0.15, -0.1) is 0 Å². The maximum absolute atomic E-state index is 2.81. The summed E-state index contributed by atoms with van der Waals surface area (Å²) in [6.07, 6.45) is 11.8. The molecular formula is C23H43N3. The Balaban J connectivity index is 1.16. The van der Waals surface area contributed by atoms with Crippen molar-refractivity contribution in [3.63, 3.8) is 0 Å². The molecule has 0 unspecified atom stereocenters. The van der Waals surface area contributed by atoms with Crippen LogP contribution in [0.15, 0.2) is 0 Å². The Morgan fingerprint density at radius 2 is 1.58 bits per heavy atom. The van der Waals surface area contributed by atoms with Crippen molar-refractivity contribution >= 4 is 0 Å². The molecule has 2 aliphatic carbocycles. The normalized spacial score (nSPS) is 30.5. The predicted octanol–water partition coefficient (Wildman–Crippen LogP) is 4.08. The van der Waals surface area contributed by atoms with Crippen LogP contribution in [0, 0.1) is 16.7 Å². The lowest BCUT2D eigenvalue weighted by Gasteiger charge is -2.53. The van der Waals surface area contributed by atoms with Gasteiger partial charge in [0.1, 0.15) is 0 Å². The average Bonchev–Trinajstić information content (AvgIpc) is 3.39. The molecule has 3 nitrogen and oxygen atoms in total. The maximum atomic E-state index is 2.81. The summed E-state index contributed by atoms with van der Waals surface area (Å²) in [5, 5.41) is 0. The van der Waals surface area contributed by atoms with Crippen LogP contribution in [0.4, 0.5) is 0 Å². The SMILES string of the molecule is CCC1(CN2CCC3(CC2)CC(CN2CCCN(C(C)C)CC2)C3)CC1. The maximum Gasteiger partial charge on any atom is 0.0112 e. The van der Waals surface area contributed by atoms with E-state index < -0.39 is 0 Å². The molecule has 1 spiro atoms. The van der Waals surface area contributed by atoms with Crippen LogP contribution >= 0.6 is 0 Å². The minimum absolute atomic E-state index is 0.717. The molecule has 0 amide bonds. The van der Waals surface area contributed by atoms with Crippen molar-refractivity contribution in [3.05, 3.63) is 0 Å². The second-order valence-electron chi connectivity index (χ2n) is 10.7. The summed E-state index contributed by atoms with van der Waals surface area (Å²) >= 11 is 0. The molecule has 0 aromatic rings. The zero-order chi connectivity index (χ0) is 18.2. The first-order valence-electron chi connectivity index (χ1n) is 11.7. The first-order chi connectivity index (χ1) is 12.5. The lowest BCUT2D eigenvalue weighted by Crippen LogP contribution is -2.50. The molecule has 0 aromatic carbocycles. The van der Waals surface area contributed by atoms with Gasteiger partial charge in [0.25, 0.3) is 0 Å². The van der Waals surface area contributed by atoms with Crippen molar-refractivity contribution < 1.29 is 0 Å². The van der Waals surface area contributed by atoms with Gasteiger partial charge in [0.15, 0.2) is 0 Å². The summed E-state index contributed by atoms with van der Waals surface area (Å²) < 4.78 is 0. The Kier molecular flexibility index (Phi) is 5.70. The second kappa shape index (κ2) is 7.72. The van der Waals surface area contributed by atoms with Crippen LogP contribution < -0.4 is 0 Å². The fraction of sp³-hybridized carbons (Fsp3) is 1.00. The van der Waals surface area contributed by atoms with Crippen LogP contribution in [-0.4, -0.2) is 73.1 Å². The Morgan fingerprint density at radius 1 is 0.846 bits per heavy atom. The number of hydrogen-bond donors (Lipinski definition) is 0. The molecule has 0 aromatic heterocycles. The number of likely N-dealkylation sites (tertiary alicyclic amines) is 1. The average molecular weight is 362 g/mol. The van der Waals surface area contributed by atoms with Crippen LogP contribution in [0.3, 0.4) is 0 Å². The molecule has 2 heterocycles. The lowest BCUT2D eigenvalue weighted by molar-refractivity contribution is -0.0292. The molecular weight excluding hydrogens is 318 g/mol. The van der Waals surface area contributed by atoms with E-state index in [1.807, 2.05) is 0 Å². The van der Waals surface area contributed by atoms with Crippen molar-refractivity contribution in [2.75, 3.05) is 52.4 Å². The van der Waals surface area contributed by atoms with E-state index in [0.29, 0.717) is 0 Å². The smallest absolute Gasteiger partial charge is 0.0112 e. The highest BCUT2D eigenvalue weighted by atomic mass is 15.2. The van der Waals surface area contributed by atoms with E-state index in [9.17, 15) is 0 Å². The number of nitrogens with zero attached hydrogens (tertiary/aromatic N) is 3. The standard InChI is InChI=1S/C23H43N3/c1-4-22(6-7-22)19-25-12-8-23(9-13-25)16-21(17-23)18-24-10-5-11-26(15-14-24)20(2)3/h20-21H,4-19H2,1-3H3. The van der Waals surface area contributed by atoms with Gasteiger partial charge in [-0.1, -0.05) is 6.92 Å². The third-order valence-corrected chi connectivity index (χ3v) is 8.50. The molecule has 4 aliphatic rings. The van der Waals surface area contributed by atoms with E-state index in [2.05, 4.69) is 35.5 Å². The Labute approximate surface area is 162 Å². The van der Waals surface area contributed by atoms with Gasteiger partial charge in [0.2, 0.25) is 0 Å². The monoisotopic (exact) mass is 361 g/mol. The zero-order valence-electron chi connectivity index (χ0n) is 17.8. The first kappa shape index (κ1) is 19.2. The highest BCUT2D eigenvalue weighted by Gasteiger charge is 2.48. The molecule has 0 radical (unpaired) electrons. The van der Waals surface area contributed by atoms with Crippen molar-refractivity contribution in [3.8, 4) is 0 Å². The predicted molar refractivity (Wildman–Crippen MR) is 111 cm³/mol. The molecule has 4 fully saturated rings. The largest absolute Gasteiger partial charge is 0.303 e. The number of rotatable bonds is 6. The fourth-order valence-electron chi connectivity index (χ4n) is 6.22.